The van der Waals surface area contributed by atoms with Gasteiger partial charge in [-0.3, -0.25) is 19.2 Å². The molecule has 0 radical (unpaired) electrons. The molecule has 0 aliphatic heterocycles. The lowest BCUT2D eigenvalue weighted by atomic mass is 10.0. The van der Waals surface area contributed by atoms with Crippen molar-refractivity contribution < 1.29 is 47.7 Å². The quantitative estimate of drug-likeness (QED) is 0.0256. The third kappa shape index (κ3) is 11.6. The molecule has 0 bridgehead atoms. The molecule has 0 spiro atoms. The molecule has 14 heteroatoms. The highest BCUT2D eigenvalue weighted by Gasteiger charge is 2.32. The third-order valence-electron chi connectivity index (χ3n) is 11.3. The van der Waals surface area contributed by atoms with E-state index in [9.17, 15) is 28.8 Å². The van der Waals surface area contributed by atoms with E-state index in [1.807, 2.05) is 61.1 Å². The van der Waals surface area contributed by atoms with Crippen molar-refractivity contribution in [2.45, 2.75) is 145 Å². The first-order chi connectivity index (χ1) is 29.6. The molecule has 4 rings (SSSR count). The Hall–Kier alpha value is -5.66. The van der Waals surface area contributed by atoms with Crippen molar-refractivity contribution in [2.75, 3.05) is 13.2 Å². The Morgan fingerprint density at radius 1 is 0.532 bits per heavy atom. The van der Waals surface area contributed by atoms with Crippen molar-refractivity contribution in [3.8, 4) is 11.5 Å². The molecule has 2 heterocycles. The molecule has 2 unspecified atom stereocenters. The maximum Gasteiger partial charge on any atom is 0.347 e. The van der Waals surface area contributed by atoms with Gasteiger partial charge in [0.2, 0.25) is 0 Å². The fourth-order valence-electron chi connectivity index (χ4n) is 8.15. The van der Waals surface area contributed by atoms with E-state index in [4.69, 9.17) is 30.4 Å². The molecular formula is C48H66N4O10. The SMILES string of the molecule is CCOC(=O)C(Oc1cccc2c1c(C(=O)C(N)=O)c(C)n2CCCCCCCCCCCCn1c(C)c(C(=O)C(N)=O)c2c(OC(C(=O)OCC)C(C)C)cccc21)C(C)C. The van der Waals surface area contributed by atoms with Crippen LogP contribution in [-0.4, -0.2) is 69.9 Å². The number of benzene rings is 2. The fraction of sp³-hybridized carbons (Fsp3) is 0.542. The number of hydrogen-bond donors (Lipinski definition) is 2. The summed E-state index contributed by atoms with van der Waals surface area (Å²) in [5.74, 6) is -4.46. The van der Waals surface area contributed by atoms with Gasteiger partial charge in [0.25, 0.3) is 23.4 Å². The monoisotopic (exact) mass is 858 g/mol. The number of Topliss-reactive ketones (excluding diaryl/α,β-unsaturated/α-hetero) is 2. The third-order valence-corrected chi connectivity index (χ3v) is 11.3. The molecule has 338 valence electrons. The Labute approximate surface area is 364 Å². The number of carbonyl (C=O) groups excluding carboxylic acids is 6. The lowest BCUT2D eigenvalue weighted by Gasteiger charge is -2.21. The minimum atomic E-state index is -1.06. The zero-order valence-electron chi connectivity index (χ0n) is 37.8. The summed E-state index contributed by atoms with van der Waals surface area (Å²) in [6.45, 7) is 16.2. The summed E-state index contributed by atoms with van der Waals surface area (Å²) in [6.07, 6.45) is 8.49. The molecule has 2 aromatic heterocycles. The molecule has 0 fully saturated rings. The number of unbranched alkanes of at least 4 members (excludes halogenated alkanes) is 9. The van der Waals surface area contributed by atoms with Gasteiger partial charge in [0.05, 0.1) is 46.1 Å². The van der Waals surface area contributed by atoms with Gasteiger partial charge < -0.3 is 39.5 Å². The number of hydrogen-bond acceptors (Lipinski definition) is 10. The molecule has 4 N–H and O–H groups in total. The number of rotatable bonds is 27. The van der Waals surface area contributed by atoms with Crippen LogP contribution in [0, 0.1) is 25.7 Å². The molecule has 62 heavy (non-hydrogen) atoms. The number of carbonyl (C=O) groups is 6. The highest BCUT2D eigenvalue weighted by molar-refractivity contribution is 6.45. The molecule has 2 amide bonds. The summed E-state index contributed by atoms with van der Waals surface area (Å²) >= 11 is 0. The van der Waals surface area contributed by atoms with Gasteiger partial charge in [0.15, 0.2) is 12.2 Å². The molecule has 0 saturated carbocycles. The molecule has 4 aromatic rings. The maximum atomic E-state index is 13.1. The minimum Gasteiger partial charge on any atom is -0.478 e. The normalized spacial score (nSPS) is 12.5. The van der Waals surface area contributed by atoms with Crippen LogP contribution in [0.2, 0.25) is 0 Å². The zero-order chi connectivity index (χ0) is 45.7. The highest BCUT2D eigenvalue weighted by atomic mass is 16.6. The van der Waals surface area contributed by atoms with Crippen LogP contribution in [0.1, 0.15) is 138 Å². The molecule has 0 aliphatic carbocycles. The average molecular weight is 859 g/mol. The van der Waals surface area contributed by atoms with E-state index >= 15 is 0 Å². The lowest BCUT2D eigenvalue weighted by Crippen LogP contribution is -2.34. The van der Waals surface area contributed by atoms with E-state index in [0.717, 1.165) is 75.2 Å². The predicted molar refractivity (Wildman–Crippen MR) is 238 cm³/mol. The minimum absolute atomic E-state index is 0.195. The Kier molecular flexibility index (Phi) is 18.2. The van der Waals surface area contributed by atoms with E-state index in [-0.39, 0.29) is 36.2 Å². The molecular weight excluding hydrogens is 793 g/mol. The fourth-order valence-corrected chi connectivity index (χ4v) is 8.15. The second kappa shape index (κ2) is 23.0. The van der Waals surface area contributed by atoms with Crippen LogP contribution in [0.15, 0.2) is 36.4 Å². The van der Waals surface area contributed by atoms with Crippen molar-refractivity contribution in [1.29, 1.82) is 0 Å². The number of primary amides is 2. The van der Waals surface area contributed by atoms with E-state index in [2.05, 4.69) is 0 Å². The number of esters is 2. The first kappa shape index (κ1) is 49.0. The predicted octanol–water partition coefficient (Wildman–Crippen LogP) is 8.08. The Morgan fingerprint density at radius 3 is 1.15 bits per heavy atom. The van der Waals surface area contributed by atoms with Gasteiger partial charge in [-0.2, -0.15) is 0 Å². The van der Waals surface area contributed by atoms with E-state index < -0.39 is 47.5 Å². The van der Waals surface area contributed by atoms with Gasteiger partial charge in [0, 0.05) is 36.3 Å². The van der Waals surface area contributed by atoms with Gasteiger partial charge in [-0.25, -0.2) is 9.59 Å². The zero-order valence-corrected chi connectivity index (χ0v) is 37.8. The summed E-state index contributed by atoms with van der Waals surface area (Å²) in [7, 11) is 0. The Morgan fingerprint density at radius 2 is 0.855 bits per heavy atom. The van der Waals surface area contributed by atoms with Crippen LogP contribution < -0.4 is 20.9 Å². The van der Waals surface area contributed by atoms with Crippen molar-refractivity contribution in [3.05, 3.63) is 58.9 Å². The van der Waals surface area contributed by atoms with Crippen LogP contribution in [0.5, 0.6) is 11.5 Å². The number of fused-ring (bicyclic) bond motifs is 2. The molecule has 2 aromatic carbocycles. The largest absolute Gasteiger partial charge is 0.478 e. The Bertz CT molecular complexity index is 2080. The maximum absolute atomic E-state index is 13.1. The van der Waals surface area contributed by atoms with Gasteiger partial charge >= 0.3 is 11.9 Å². The van der Waals surface area contributed by atoms with Crippen molar-refractivity contribution >= 4 is 57.1 Å². The van der Waals surface area contributed by atoms with Crippen LogP contribution in [0.25, 0.3) is 21.8 Å². The first-order valence-corrected chi connectivity index (χ1v) is 22.1. The Balaban J connectivity index is 1.30. The number of ether oxygens (including phenoxy) is 4. The van der Waals surface area contributed by atoms with E-state index in [1.165, 1.54) is 0 Å². The first-order valence-electron chi connectivity index (χ1n) is 22.1. The second-order valence-electron chi connectivity index (χ2n) is 16.5. The molecule has 0 aliphatic rings. The van der Waals surface area contributed by atoms with Crippen LogP contribution in [-0.2, 0) is 41.7 Å². The van der Waals surface area contributed by atoms with Crippen molar-refractivity contribution in [3.63, 3.8) is 0 Å². The van der Waals surface area contributed by atoms with E-state index in [0.29, 0.717) is 46.7 Å². The molecule has 14 nitrogen and oxygen atoms in total. The van der Waals surface area contributed by atoms with Gasteiger partial charge in [-0.15, -0.1) is 0 Å². The number of aromatic nitrogens is 2. The van der Waals surface area contributed by atoms with Crippen LogP contribution in [0.3, 0.4) is 0 Å². The van der Waals surface area contributed by atoms with Gasteiger partial charge in [-0.1, -0.05) is 91.2 Å². The van der Waals surface area contributed by atoms with Gasteiger partial charge in [-0.05, 0) is 64.8 Å². The van der Waals surface area contributed by atoms with Crippen molar-refractivity contribution in [2.24, 2.45) is 23.3 Å². The summed E-state index contributed by atoms with van der Waals surface area (Å²) < 4.78 is 27.0. The van der Waals surface area contributed by atoms with Crippen LogP contribution in [0.4, 0.5) is 0 Å². The number of nitrogens with zero attached hydrogens (tertiary/aromatic N) is 2. The van der Waals surface area contributed by atoms with Crippen molar-refractivity contribution in [1.82, 2.24) is 9.13 Å². The molecule has 0 saturated heterocycles. The number of ketones is 2. The summed E-state index contributed by atoms with van der Waals surface area (Å²) in [4.78, 5) is 76.0. The number of nitrogens with two attached hydrogens (primary N) is 2. The standard InChI is InChI=1S/C48H66N4O10/c1-9-59-47(57)43(29(3)4)61-35-25-21-23-33-39(35)37(41(53)45(49)55)31(7)51(33)27-19-17-15-13-11-12-14-16-18-20-28-52-32(8)38(42(54)46(50)56)40-34(52)24-22-26-36(40)62-44(30(5)6)48(58)60-10-2/h21-26,29-30,43-44H,9-20,27-28H2,1-8H3,(H2,49,55)(H2,50,56). The molecule has 2 atom stereocenters. The second-order valence-corrected chi connectivity index (χ2v) is 16.5. The average Bonchev–Trinajstić information content (AvgIpc) is 3.67. The summed E-state index contributed by atoms with van der Waals surface area (Å²) in [6, 6.07) is 10.8. The smallest absolute Gasteiger partial charge is 0.347 e. The lowest BCUT2D eigenvalue weighted by molar-refractivity contribution is -0.154. The number of aryl methyl sites for hydroxylation is 2. The van der Waals surface area contributed by atoms with E-state index in [1.54, 1.807) is 39.8 Å². The number of amides is 2. The summed E-state index contributed by atoms with van der Waals surface area (Å²) in [5.41, 5.74) is 14.1. The topological polar surface area (TPSA) is 201 Å². The summed E-state index contributed by atoms with van der Waals surface area (Å²) in [5, 5.41) is 0.935. The van der Waals surface area contributed by atoms with Gasteiger partial charge in [0.1, 0.15) is 11.5 Å². The highest BCUT2D eigenvalue weighted by Crippen LogP contribution is 2.37. The van der Waals surface area contributed by atoms with Crippen LogP contribution >= 0.6 is 0 Å².